The Hall–Kier alpha value is -1.67. The topological polar surface area (TPSA) is 12.0 Å². The standard InChI is InChI=1S/C19H22FN/c1-14(15-10-12-17(20)13-11-15)21-19-9-5-3-7-16-6-2-4-8-18(16)19/h2,4,6,8,10-14,19,21H,3,5,7,9H2,1H3/t14-,19?/m0/s1. The van der Waals surface area contributed by atoms with Gasteiger partial charge in [-0.1, -0.05) is 42.8 Å². The van der Waals surface area contributed by atoms with Gasteiger partial charge in [-0.15, -0.1) is 0 Å². The normalized spacial score (nSPS) is 19.6. The summed E-state index contributed by atoms with van der Waals surface area (Å²) in [6, 6.07) is 16.2. The number of rotatable bonds is 3. The van der Waals surface area contributed by atoms with Crippen LogP contribution in [0.15, 0.2) is 48.5 Å². The Morgan fingerprint density at radius 2 is 1.81 bits per heavy atom. The highest BCUT2D eigenvalue weighted by molar-refractivity contribution is 5.31. The molecule has 2 aromatic carbocycles. The van der Waals surface area contributed by atoms with Crippen LogP contribution in [-0.2, 0) is 6.42 Å². The second-order valence-corrected chi connectivity index (χ2v) is 5.94. The molecule has 1 aliphatic carbocycles. The van der Waals surface area contributed by atoms with Gasteiger partial charge in [-0.2, -0.15) is 0 Å². The summed E-state index contributed by atoms with van der Waals surface area (Å²) in [5, 5.41) is 3.73. The Morgan fingerprint density at radius 1 is 1.05 bits per heavy atom. The van der Waals surface area contributed by atoms with Gasteiger partial charge in [-0.3, -0.25) is 0 Å². The van der Waals surface area contributed by atoms with Gasteiger partial charge in [0.1, 0.15) is 5.82 Å². The summed E-state index contributed by atoms with van der Waals surface area (Å²) in [7, 11) is 0. The first-order chi connectivity index (χ1) is 10.2. The number of halogens is 1. The van der Waals surface area contributed by atoms with Crippen LogP contribution in [0.25, 0.3) is 0 Å². The summed E-state index contributed by atoms with van der Waals surface area (Å²) in [5.41, 5.74) is 4.04. The van der Waals surface area contributed by atoms with Gasteiger partial charge in [0.25, 0.3) is 0 Å². The molecule has 0 aliphatic heterocycles. The van der Waals surface area contributed by atoms with Crippen molar-refractivity contribution in [3.05, 3.63) is 71.0 Å². The summed E-state index contributed by atoms with van der Waals surface area (Å²) in [6.45, 7) is 2.15. The molecule has 1 aliphatic rings. The first-order valence-electron chi connectivity index (χ1n) is 7.83. The molecular formula is C19H22FN. The zero-order valence-corrected chi connectivity index (χ0v) is 12.5. The van der Waals surface area contributed by atoms with Gasteiger partial charge in [-0.05, 0) is 55.0 Å². The largest absolute Gasteiger partial charge is 0.303 e. The minimum absolute atomic E-state index is 0.175. The first kappa shape index (κ1) is 14.3. The molecule has 0 fully saturated rings. The number of hydrogen-bond acceptors (Lipinski definition) is 1. The predicted octanol–water partition coefficient (Wildman–Crippen LogP) is 4.94. The third-order valence-electron chi connectivity index (χ3n) is 4.44. The van der Waals surface area contributed by atoms with Crippen LogP contribution in [0.4, 0.5) is 4.39 Å². The molecule has 1 N–H and O–H groups in total. The molecule has 0 saturated heterocycles. The monoisotopic (exact) mass is 283 g/mol. The highest BCUT2D eigenvalue weighted by atomic mass is 19.1. The van der Waals surface area contributed by atoms with Crippen molar-refractivity contribution in [1.82, 2.24) is 5.32 Å². The molecular weight excluding hydrogens is 261 g/mol. The van der Waals surface area contributed by atoms with Crippen LogP contribution in [0.5, 0.6) is 0 Å². The second kappa shape index (κ2) is 6.40. The van der Waals surface area contributed by atoms with Gasteiger partial charge < -0.3 is 5.32 Å². The van der Waals surface area contributed by atoms with Crippen molar-refractivity contribution < 1.29 is 4.39 Å². The minimum atomic E-state index is -0.175. The molecule has 0 aromatic heterocycles. The Morgan fingerprint density at radius 3 is 2.62 bits per heavy atom. The quantitative estimate of drug-likeness (QED) is 0.786. The maximum absolute atomic E-state index is 13.0. The highest BCUT2D eigenvalue weighted by Gasteiger charge is 2.20. The van der Waals surface area contributed by atoms with Gasteiger partial charge in [0.15, 0.2) is 0 Å². The number of nitrogens with one attached hydrogen (secondary N) is 1. The molecule has 0 saturated carbocycles. The number of benzene rings is 2. The van der Waals surface area contributed by atoms with Crippen molar-refractivity contribution >= 4 is 0 Å². The smallest absolute Gasteiger partial charge is 0.123 e. The Labute approximate surface area is 126 Å². The van der Waals surface area contributed by atoms with Crippen molar-refractivity contribution in [2.75, 3.05) is 0 Å². The lowest BCUT2D eigenvalue weighted by Gasteiger charge is -2.24. The number of fused-ring (bicyclic) bond motifs is 1. The third kappa shape index (κ3) is 3.33. The zero-order chi connectivity index (χ0) is 14.7. The van der Waals surface area contributed by atoms with Crippen LogP contribution in [0.1, 0.15) is 55.0 Å². The Balaban J connectivity index is 1.79. The summed E-state index contributed by atoms with van der Waals surface area (Å²) in [6.07, 6.45) is 4.87. The van der Waals surface area contributed by atoms with E-state index in [1.807, 2.05) is 12.1 Å². The number of aryl methyl sites for hydroxylation is 1. The lowest BCUT2D eigenvalue weighted by atomic mass is 9.97. The molecule has 0 heterocycles. The average molecular weight is 283 g/mol. The van der Waals surface area contributed by atoms with Gasteiger partial charge in [0.2, 0.25) is 0 Å². The maximum atomic E-state index is 13.0. The van der Waals surface area contributed by atoms with E-state index in [2.05, 4.69) is 36.5 Å². The van der Waals surface area contributed by atoms with Gasteiger partial charge in [-0.25, -0.2) is 4.39 Å². The van der Waals surface area contributed by atoms with E-state index in [1.54, 1.807) is 0 Å². The molecule has 0 bridgehead atoms. The molecule has 0 amide bonds. The van der Waals surface area contributed by atoms with Crippen LogP contribution in [0, 0.1) is 5.82 Å². The van der Waals surface area contributed by atoms with E-state index in [1.165, 1.54) is 48.9 Å². The molecule has 0 spiro atoms. The van der Waals surface area contributed by atoms with Gasteiger partial charge >= 0.3 is 0 Å². The van der Waals surface area contributed by atoms with Gasteiger partial charge in [0, 0.05) is 12.1 Å². The Bertz CT molecular complexity index is 591. The predicted molar refractivity (Wildman–Crippen MR) is 84.7 cm³/mol. The zero-order valence-electron chi connectivity index (χ0n) is 12.5. The summed E-state index contributed by atoms with van der Waals surface area (Å²) in [4.78, 5) is 0. The average Bonchev–Trinajstić information content (AvgIpc) is 2.71. The third-order valence-corrected chi connectivity index (χ3v) is 4.44. The van der Waals surface area contributed by atoms with E-state index in [9.17, 15) is 4.39 Å². The van der Waals surface area contributed by atoms with Crippen LogP contribution < -0.4 is 5.32 Å². The van der Waals surface area contributed by atoms with E-state index in [-0.39, 0.29) is 11.9 Å². The van der Waals surface area contributed by atoms with Crippen molar-refractivity contribution in [2.45, 2.75) is 44.7 Å². The fourth-order valence-corrected chi connectivity index (χ4v) is 3.24. The van der Waals surface area contributed by atoms with Crippen molar-refractivity contribution in [3.8, 4) is 0 Å². The fraction of sp³-hybridized carbons (Fsp3) is 0.368. The number of hydrogen-bond donors (Lipinski definition) is 1. The molecule has 2 heteroatoms. The Kier molecular flexibility index (Phi) is 4.35. The highest BCUT2D eigenvalue weighted by Crippen LogP contribution is 2.30. The molecule has 1 nitrogen and oxygen atoms in total. The molecule has 1 unspecified atom stereocenters. The van der Waals surface area contributed by atoms with Crippen LogP contribution >= 0.6 is 0 Å². The molecule has 110 valence electrons. The van der Waals surface area contributed by atoms with Crippen molar-refractivity contribution in [3.63, 3.8) is 0 Å². The van der Waals surface area contributed by atoms with E-state index in [4.69, 9.17) is 0 Å². The van der Waals surface area contributed by atoms with Crippen LogP contribution in [-0.4, -0.2) is 0 Å². The second-order valence-electron chi connectivity index (χ2n) is 5.94. The molecule has 3 rings (SSSR count). The van der Waals surface area contributed by atoms with E-state index in [0.717, 1.165) is 5.56 Å². The summed E-state index contributed by atoms with van der Waals surface area (Å²) in [5.74, 6) is -0.175. The first-order valence-corrected chi connectivity index (χ1v) is 7.83. The molecule has 21 heavy (non-hydrogen) atoms. The minimum Gasteiger partial charge on any atom is -0.303 e. The van der Waals surface area contributed by atoms with Crippen LogP contribution in [0.3, 0.4) is 0 Å². The van der Waals surface area contributed by atoms with Crippen molar-refractivity contribution in [2.24, 2.45) is 0 Å². The van der Waals surface area contributed by atoms with E-state index < -0.39 is 0 Å². The summed E-state index contributed by atoms with van der Waals surface area (Å²) >= 11 is 0. The van der Waals surface area contributed by atoms with E-state index in [0.29, 0.717) is 6.04 Å². The SMILES string of the molecule is C[C@H](NC1CCCCc2ccccc21)c1ccc(F)cc1. The summed E-state index contributed by atoms with van der Waals surface area (Å²) < 4.78 is 13.0. The van der Waals surface area contributed by atoms with Gasteiger partial charge in [0.05, 0.1) is 0 Å². The van der Waals surface area contributed by atoms with Crippen LogP contribution in [0.2, 0.25) is 0 Å². The fourth-order valence-electron chi connectivity index (χ4n) is 3.24. The molecule has 0 radical (unpaired) electrons. The van der Waals surface area contributed by atoms with E-state index >= 15 is 0 Å². The van der Waals surface area contributed by atoms with Crippen molar-refractivity contribution in [1.29, 1.82) is 0 Å². The maximum Gasteiger partial charge on any atom is 0.123 e. The molecule has 2 atom stereocenters. The lowest BCUT2D eigenvalue weighted by molar-refractivity contribution is 0.437. The molecule has 2 aromatic rings. The lowest BCUT2D eigenvalue weighted by Crippen LogP contribution is -2.25.